The number of benzene rings is 1. The minimum absolute atomic E-state index is 0. The molecule has 0 atom stereocenters. The molecule has 2 heteroatoms. The molecule has 0 saturated carbocycles. The number of aromatic hydroxyl groups is 1. The van der Waals surface area contributed by atoms with Gasteiger partial charge in [0.15, 0.2) is 0 Å². The van der Waals surface area contributed by atoms with Crippen molar-refractivity contribution in [3.05, 3.63) is 35.2 Å². The third-order valence-electron chi connectivity index (χ3n) is 2.96. The molecule has 0 aliphatic rings. The molecule has 14 heavy (non-hydrogen) atoms. The van der Waals surface area contributed by atoms with Gasteiger partial charge in [-0.05, 0) is 62.4 Å². The van der Waals surface area contributed by atoms with Crippen LogP contribution in [0.1, 0.15) is 27.8 Å². The van der Waals surface area contributed by atoms with E-state index in [1.807, 2.05) is 13.8 Å². The molecule has 0 fully saturated rings. The Bertz CT molecular complexity index is 225. The number of hydrogen-bond donors (Lipinski definition) is 1. The van der Waals surface area contributed by atoms with Crippen LogP contribution in [-0.4, -0.2) is 5.11 Å². The normalized spacial score (nSPS) is 8.93. The first-order valence-electron chi connectivity index (χ1n) is 4.22. The van der Waals surface area contributed by atoms with Crippen LogP contribution in [0.5, 0.6) is 5.75 Å². The molecule has 0 aliphatic carbocycles. The summed E-state index contributed by atoms with van der Waals surface area (Å²) in [5, 5.41) is 9.69. The molecule has 0 spiro atoms. The standard InChI is InChI=1S/C11H16O.CH3.Mn/c1-6-7(2)9(4)11(12)10(5)8(6)3;;/h12H,1-5H3;1H3;/q;-1;. The molecule has 0 heterocycles. The fraction of sp³-hybridized carbons (Fsp3) is 0.417. The van der Waals surface area contributed by atoms with E-state index in [4.69, 9.17) is 0 Å². The zero-order valence-electron chi connectivity index (χ0n) is 9.83. The van der Waals surface area contributed by atoms with E-state index in [0.717, 1.165) is 11.1 Å². The fourth-order valence-electron chi connectivity index (χ4n) is 1.48. The third kappa shape index (κ3) is 2.31. The van der Waals surface area contributed by atoms with Gasteiger partial charge in [0.2, 0.25) is 0 Å². The van der Waals surface area contributed by atoms with E-state index in [2.05, 4.69) is 20.8 Å². The van der Waals surface area contributed by atoms with Crippen molar-refractivity contribution in [2.75, 3.05) is 0 Å². The third-order valence-corrected chi connectivity index (χ3v) is 2.96. The van der Waals surface area contributed by atoms with Crippen LogP contribution in [0.4, 0.5) is 0 Å². The van der Waals surface area contributed by atoms with E-state index < -0.39 is 0 Å². The monoisotopic (exact) mass is 234 g/mol. The van der Waals surface area contributed by atoms with Gasteiger partial charge in [0.1, 0.15) is 5.75 Å². The van der Waals surface area contributed by atoms with Crippen molar-refractivity contribution in [2.24, 2.45) is 0 Å². The summed E-state index contributed by atoms with van der Waals surface area (Å²) < 4.78 is 0. The van der Waals surface area contributed by atoms with Crippen LogP contribution in [-0.2, 0) is 17.1 Å². The maximum atomic E-state index is 9.69. The van der Waals surface area contributed by atoms with E-state index in [9.17, 15) is 5.11 Å². The van der Waals surface area contributed by atoms with Crippen LogP contribution >= 0.6 is 0 Å². The van der Waals surface area contributed by atoms with Crippen molar-refractivity contribution >= 4 is 0 Å². The number of phenolic OH excluding ortho intramolecular Hbond substituents is 1. The van der Waals surface area contributed by atoms with Gasteiger partial charge in [-0.3, -0.25) is 0 Å². The molecular weight excluding hydrogens is 215 g/mol. The first kappa shape index (κ1) is 16.0. The van der Waals surface area contributed by atoms with Crippen LogP contribution in [0.25, 0.3) is 0 Å². The molecule has 0 aromatic heterocycles. The molecule has 0 saturated heterocycles. The number of phenols is 1. The van der Waals surface area contributed by atoms with E-state index in [0.29, 0.717) is 5.75 Å². The summed E-state index contributed by atoms with van der Waals surface area (Å²) in [5.41, 5.74) is 5.72. The summed E-state index contributed by atoms with van der Waals surface area (Å²) in [7, 11) is 0. The van der Waals surface area contributed by atoms with Gasteiger partial charge >= 0.3 is 0 Å². The Morgan fingerprint density at radius 3 is 1.14 bits per heavy atom. The Morgan fingerprint density at radius 1 is 0.643 bits per heavy atom. The van der Waals surface area contributed by atoms with Gasteiger partial charge < -0.3 is 12.5 Å². The van der Waals surface area contributed by atoms with Crippen molar-refractivity contribution in [1.82, 2.24) is 0 Å². The van der Waals surface area contributed by atoms with Gasteiger partial charge in [0.05, 0.1) is 0 Å². The second-order valence-electron chi connectivity index (χ2n) is 3.47. The zero-order valence-corrected chi connectivity index (χ0v) is 11.0. The minimum atomic E-state index is 0. The molecule has 1 aromatic carbocycles. The van der Waals surface area contributed by atoms with Crippen LogP contribution in [0.2, 0.25) is 0 Å². The number of rotatable bonds is 0. The summed E-state index contributed by atoms with van der Waals surface area (Å²) in [6, 6.07) is 0. The first-order valence-corrected chi connectivity index (χ1v) is 4.22. The van der Waals surface area contributed by atoms with Gasteiger partial charge in [-0.25, -0.2) is 0 Å². The predicted molar refractivity (Wildman–Crippen MR) is 58.2 cm³/mol. The molecule has 1 N–H and O–H groups in total. The number of hydrogen-bond acceptors (Lipinski definition) is 1. The van der Waals surface area contributed by atoms with Gasteiger partial charge in [0, 0.05) is 17.1 Å². The van der Waals surface area contributed by atoms with Crippen molar-refractivity contribution in [2.45, 2.75) is 34.6 Å². The topological polar surface area (TPSA) is 20.2 Å². The van der Waals surface area contributed by atoms with Crippen LogP contribution in [0.15, 0.2) is 0 Å². The average Bonchev–Trinajstić information content (AvgIpc) is 2.08. The van der Waals surface area contributed by atoms with Gasteiger partial charge in [-0.1, -0.05) is 0 Å². The Morgan fingerprint density at radius 2 is 0.857 bits per heavy atom. The van der Waals surface area contributed by atoms with Gasteiger partial charge in [-0.15, -0.1) is 0 Å². The van der Waals surface area contributed by atoms with E-state index in [1.54, 1.807) is 0 Å². The zero-order chi connectivity index (χ0) is 9.46. The Labute approximate surface area is 98.0 Å². The molecule has 0 unspecified atom stereocenters. The SMILES string of the molecule is Cc1c(C)c(C)c(O)c(C)c1C.[CH3-].[Mn]. The molecule has 1 radical (unpaired) electrons. The van der Waals surface area contributed by atoms with Gasteiger partial charge in [0.25, 0.3) is 0 Å². The molecule has 1 aromatic rings. The predicted octanol–water partition coefficient (Wildman–Crippen LogP) is 3.38. The maximum Gasteiger partial charge on any atom is 0.121 e. The summed E-state index contributed by atoms with van der Waals surface area (Å²) in [6.07, 6.45) is 0. The summed E-state index contributed by atoms with van der Waals surface area (Å²) in [5.74, 6) is 0.454. The van der Waals surface area contributed by atoms with Crippen LogP contribution in [0, 0.1) is 42.0 Å². The van der Waals surface area contributed by atoms with E-state index >= 15 is 0 Å². The summed E-state index contributed by atoms with van der Waals surface area (Å²) in [4.78, 5) is 0. The van der Waals surface area contributed by atoms with Crippen molar-refractivity contribution < 1.29 is 22.2 Å². The van der Waals surface area contributed by atoms with Crippen LogP contribution in [0.3, 0.4) is 0 Å². The Kier molecular flexibility index (Phi) is 6.20. The summed E-state index contributed by atoms with van der Waals surface area (Å²) >= 11 is 0. The quantitative estimate of drug-likeness (QED) is 0.539. The second kappa shape index (κ2) is 5.43. The molecule has 81 valence electrons. The minimum Gasteiger partial charge on any atom is -0.507 e. The van der Waals surface area contributed by atoms with Gasteiger partial charge in [-0.2, -0.15) is 0 Å². The smallest absolute Gasteiger partial charge is 0.121 e. The molecule has 1 rings (SSSR count). The fourth-order valence-corrected chi connectivity index (χ4v) is 1.48. The average molecular weight is 234 g/mol. The molecule has 0 amide bonds. The second-order valence-corrected chi connectivity index (χ2v) is 3.47. The van der Waals surface area contributed by atoms with Crippen molar-refractivity contribution in [3.63, 3.8) is 0 Å². The molecule has 0 bridgehead atoms. The van der Waals surface area contributed by atoms with Crippen molar-refractivity contribution in [3.8, 4) is 5.75 Å². The maximum absolute atomic E-state index is 9.69. The molecule has 1 nitrogen and oxygen atoms in total. The van der Waals surface area contributed by atoms with E-state index in [1.165, 1.54) is 16.7 Å². The van der Waals surface area contributed by atoms with E-state index in [-0.39, 0.29) is 24.5 Å². The molecule has 0 aliphatic heterocycles. The van der Waals surface area contributed by atoms with Crippen LogP contribution < -0.4 is 0 Å². The summed E-state index contributed by atoms with van der Waals surface area (Å²) in [6.45, 7) is 10.1. The Hall–Kier alpha value is -0.461. The largest absolute Gasteiger partial charge is 0.507 e. The Balaban J connectivity index is 0. The first-order chi connectivity index (χ1) is 5.46. The van der Waals surface area contributed by atoms with Crippen molar-refractivity contribution in [1.29, 1.82) is 0 Å². The molecular formula is C12H19MnO-.